The van der Waals surface area contributed by atoms with Crippen LogP contribution in [0.1, 0.15) is 38.5 Å². The van der Waals surface area contributed by atoms with Crippen LogP contribution in [0.5, 0.6) is 0 Å². The van der Waals surface area contributed by atoms with Crippen molar-refractivity contribution in [1.29, 1.82) is 0 Å². The zero-order valence-electron chi connectivity index (χ0n) is 7.46. The third-order valence-electron chi connectivity index (χ3n) is 4.31. The van der Waals surface area contributed by atoms with Crippen molar-refractivity contribution >= 4 is 5.78 Å². The molecule has 3 saturated carbocycles. The summed E-state index contributed by atoms with van der Waals surface area (Å²) in [7, 11) is 0. The summed E-state index contributed by atoms with van der Waals surface area (Å²) in [5.74, 6) is 3.77. The predicted octanol–water partition coefficient (Wildman–Crippen LogP) is 2.40. The van der Waals surface area contributed by atoms with Gasteiger partial charge < -0.3 is 0 Å². The highest BCUT2D eigenvalue weighted by molar-refractivity contribution is 5.82. The molecule has 1 heteroatoms. The van der Waals surface area contributed by atoms with Crippen LogP contribution in [0.3, 0.4) is 0 Å². The molecule has 0 aromatic rings. The fourth-order valence-corrected chi connectivity index (χ4v) is 3.85. The minimum atomic E-state index is 0.502. The van der Waals surface area contributed by atoms with Gasteiger partial charge in [-0.05, 0) is 49.9 Å². The lowest BCUT2D eigenvalue weighted by atomic mass is 9.80. The number of ketones is 1. The van der Waals surface area contributed by atoms with Gasteiger partial charge in [-0.1, -0.05) is 0 Å². The molecule has 1 nitrogen and oxygen atoms in total. The highest BCUT2D eigenvalue weighted by atomic mass is 16.1. The van der Waals surface area contributed by atoms with Crippen molar-refractivity contribution in [3.05, 3.63) is 0 Å². The topological polar surface area (TPSA) is 17.1 Å². The fourth-order valence-electron chi connectivity index (χ4n) is 3.85. The molecule has 3 aliphatic rings. The number of rotatable bonds is 0. The second-order valence-electron chi connectivity index (χ2n) is 5.05. The molecule has 3 aliphatic carbocycles. The van der Waals surface area contributed by atoms with Crippen molar-refractivity contribution in [3.8, 4) is 0 Å². The van der Waals surface area contributed by atoms with E-state index in [-0.39, 0.29) is 0 Å². The van der Waals surface area contributed by atoms with Crippen LogP contribution in [0.2, 0.25) is 0 Å². The van der Waals surface area contributed by atoms with Crippen molar-refractivity contribution in [2.45, 2.75) is 38.5 Å². The normalized spacial score (nSPS) is 51.2. The third-order valence-corrected chi connectivity index (χ3v) is 4.31. The van der Waals surface area contributed by atoms with Crippen molar-refractivity contribution in [2.75, 3.05) is 0 Å². The van der Waals surface area contributed by atoms with Gasteiger partial charge in [-0.15, -0.1) is 0 Å². The largest absolute Gasteiger partial charge is 0.299 e. The molecule has 0 aromatic carbocycles. The summed E-state index contributed by atoms with van der Waals surface area (Å²) in [6, 6.07) is 0. The minimum absolute atomic E-state index is 0.502. The molecule has 3 rings (SSSR count). The lowest BCUT2D eigenvalue weighted by Gasteiger charge is -2.25. The highest BCUT2D eigenvalue weighted by Crippen LogP contribution is 2.52. The van der Waals surface area contributed by atoms with Crippen LogP contribution in [-0.2, 0) is 4.79 Å². The summed E-state index contributed by atoms with van der Waals surface area (Å²) in [6.45, 7) is 0. The first-order chi connectivity index (χ1) is 5.83. The van der Waals surface area contributed by atoms with E-state index in [4.69, 9.17) is 0 Å². The van der Waals surface area contributed by atoms with Gasteiger partial charge in [0.05, 0.1) is 0 Å². The molecular formula is C11H16O. The van der Waals surface area contributed by atoms with Crippen LogP contribution in [0, 0.1) is 23.7 Å². The van der Waals surface area contributed by atoms with Crippen molar-refractivity contribution in [3.63, 3.8) is 0 Å². The predicted molar refractivity (Wildman–Crippen MR) is 46.7 cm³/mol. The number of Topliss-reactive ketones (excluding diaryl/α,β-unsaturated/α-hetero) is 1. The van der Waals surface area contributed by atoms with Gasteiger partial charge in [0.15, 0.2) is 0 Å². The molecule has 3 fully saturated rings. The van der Waals surface area contributed by atoms with E-state index in [9.17, 15) is 4.79 Å². The van der Waals surface area contributed by atoms with Crippen LogP contribution in [0.25, 0.3) is 0 Å². The molecule has 0 aliphatic heterocycles. The molecule has 0 N–H and O–H groups in total. The summed E-state index contributed by atoms with van der Waals surface area (Å²) < 4.78 is 0. The van der Waals surface area contributed by atoms with Crippen LogP contribution in [-0.4, -0.2) is 5.78 Å². The molecule has 0 spiro atoms. The fraction of sp³-hybridized carbons (Fsp3) is 0.909. The van der Waals surface area contributed by atoms with Crippen LogP contribution in [0.4, 0.5) is 0 Å². The van der Waals surface area contributed by atoms with Gasteiger partial charge in [-0.25, -0.2) is 0 Å². The minimum Gasteiger partial charge on any atom is -0.299 e. The Hall–Kier alpha value is -0.330. The van der Waals surface area contributed by atoms with Gasteiger partial charge in [0.25, 0.3) is 0 Å². The van der Waals surface area contributed by atoms with E-state index in [1.807, 2.05) is 0 Å². The maximum atomic E-state index is 11.7. The quantitative estimate of drug-likeness (QED) is 0.537. The molecule has 4 atom stereocenters. The molecule has 0 amide bonds. The standard InChI is InChI=1S/C11H16O/c12-11-2-1-7-3-8-5-9(4-7)10(11)6-8/h7-10H,1-6H2. The van der Waals surface area contributed by atoms with E-state index in [2.05, 4.69) is 0 Å². The second-order valence-corrected chi connectivity index (χ2v) is 5.05. The zero-order chi connectivity index (χ0) is 8.13. The first-order valence-electron chi connectivity index (χ1n) is 5.35. The Labute approximate surface area is 73.5 Å². The van der Waals surface area contributed by atoms with E-state index < -0.39 is 0 Å². The Morgan fingerprint density at radius 2 is 1.83 bits per heavy atom. The van der Waals surface area contributed by atoms with Gasteiger partial charge in [0, 0.05) is 12.3 Å². The van der Waals surface area contributed by atoms with E-state index in [1.54, 1.807) is 0 Å². The first kappa shape index (κ1) is 7.11. The molecule has 3 bridgehead atoms. The zero-order valence-corrected chi connectivity index (χ0v) is 7.46. The Balaban J connectivity index is 1.95. The van der Waals surface area contributed by atoms with Gasteiger partial charge in [0.1, 0.15) is 5.78 Å². The van der Waals surface area contributed by atoms with Crippen molar-refractivity contribution in [1.82, 2.24) is 0 Å². The second kappa shape index (κ2) is 2.34. The third kappa shape index (κ3) is 0.884. The van der Waals surface area contributed by atoms with E-state index in [0.717, 1.165) is 24.2 Å². The summed E-state index contributed by atoms with van der Waals surface area (Å²) in [5.41, 5.74) is 0. The van der Waals surface area contributed by atoms with Gasteiger partial charge in [-0.2, -0.15) is 0 Å². The molecule has 4 unspecified atom stereocenters. The Morgan fingerprint density at radius 3 is 2.75 bits per heavy atom. The van der Waals surface area contributed by atoms with E-state index in [0.29, 0.717) is 11.7 Å². The van der Waals surface area contributed by atoms with Crippen LogP contribution >= 0.6 is 0 Å². The summed E-state index contributed by atoms with van der Waals surface area (Å²) >= 11 is 0. The van der Waals surface area contributed by atoms with Crippen molar-refractivity contribution < 1.29 is 4.79 Å². The lowest BCUT2D eigenvalue weighted by molar-refractivity contribution is -0.123. The number of hydrogen-bond donors (Lipinski definition) is 0. The lowest BCUT2D eigenvalue weighted by Crippen LogP contribution is -2.16. The van der Waals surface area contributed by atoms with Gasteiger partial charge in [0.2, 0.25) is 0 Å². The average Bonchev–Trinajstić information content (AvgIpc) is 2.32. The number of fused-ring (bicyclic) bond motifs is 2. The molecule has 12 heavy (non-hydrogen) atoms. The average molecular weight is 164 g/mol. The summed E-state index contributed by atoms with van der Waals surface area (Å²) in [5, 5.41) is 0. The van der Waals surface area contributed by atoms with E-state index >= 15 is 0 Å². The summed E-state index contributed by atoms with van der Waals surface area (Å²) in [4.78, 5) is 11.7. The Bertz CT molecular complexity index is 221. The molecule has 0 saturated heterocycles. The smallest absolute Gasteiger partial charge is 0.136 e. The number of hydrogen-bond acceptors (Lipinski definition) is 1. The Morgan fingerprint density at radius 1 is 1.00 bits per heavy atom. The van der Waals surface area contributed by atoms with Gasteiger partial charge in [-0.3, -0.25) is 4.79 Å². The first-order valence-corrected chi connectivity index (χ1v) is 5.35. The van der Waals surface area contributed by atoms with Crippen molar-refractivity contribution in [2.24, 2.45) is 23.7 Å². The molecule has 0 radical (unpaired) electrons. The molecular weight excluding hydrogens is 148 g/mol. The maximum absolute atomic E-state index is 11.7. The van der Waals surface area contributed by atoms with Gasteiger partial charge >= 0.3 is 0 Å². The number of carbonyl (C=O) groups excluding carboxylic acids is 1. The summed E-state index contributed by atoms with van der Waals surface area (Å²) in [6.07, 6.45) is 7.57. The van der Waals surface area contributed by atoms with Crippen LogP contribution in [0.15, 0.2) is 0 Å². The highest BCUT2D eigenvalue weighted by Gasteiger charge is 2.45. The molecule has 0 heterocycles. The number of carbonyl (C=O) groups is 1. The van der Waals surface area contributed by atoms with Crippen LogP contribution < -0.4 is 0 Å². The van der Waals surface area contributed by atoms with E-state index in [1.165, 1.54) is 32.1 Å². The maximum Gasteiger partial charge on any atom is 0.136 e. The molecule has 66 valence electrons. The SMILES string of the molecule is O=C1CCC2CC3CC(C2)C1C3. The molecule has 0 aromatic heterocycles. The Kier molecular flexibility index (Phi) is 1.38. The monoisotopic (exact) mass is 164 g/mol.